The van der Waals surface area contributed by atoms with Gasteiger partial charge in [-0.25, -0.2) is 0 Å². The fraction of sp³-hybridized carbons (Fsp3) is 1.00. The third kappa shape index (κ3) is 4.44. The van der Waals surface area contributed by atoms with Gasteiger partial charge in [0, 0.05) is 0 Å². The lowest BCUT2D eigenvalue weighted by molar-refractivity contribution is -0.474. The Labute approximate surface area is 183 Å². The largest absolute Gasteiger partial charge is 0.505 e. The van der Waals surface area contributed by atoms with Gasteiger partial charge < -0.3 is 0 Å². The SMILES string of the molecule is O=[P+](O)CCC(F)(F)C(F)(F)C(F)(F)C(F)(F)C(F)(F)C(F)(F)C(F)(F)C(F)(F)C(F)(F)C(F)(F)F. The van der Waals surface area contributed by atoms with Gasteiger partial charge >= 0.3 is 67.5 Å². The summed E-state index contributed by atoms with van der Waals surface area (Å²) in [5.41, 5.74) is 0. The molecule has 0 aromatic carbocycles. The quantitative estimate of drug-likeness (QED) is 0.196. The third-order valence-electron chi connectivity index (χ3n) is 4.19. The molecule has 24 heteroatoms. The van der Waals surface area contributed by atoms with Crippen molar-refractivity contribution in [3.05, 3.63) is 0 Å². The zero-order valence-corrected chi connectivity index (χ0v) is 16.5. The molecule has 1 atom stereocenters. The van der Waals surface area contributed by atoms with Gasteiger partial charge in [-0.15, -0.1) is 0 Å². The van der Waals surface area contributed by atoms with Crippen LogP contribution in [-0.4, -0.2) is 70.5 Å². The van der Waals surface area contributed by atoms with Crippen molar-refractivity contribution < 1.29 is 102 Å². The van der Waals surface area contributed by atoms with E-state index in [1.165, 1.54) is 0 Å². The number of halogens is 21. The summed E-state index contributed by atoms with van der Waals surface area (Å²) < 4.78 is 284. The van der Waals surface area contributed by atoms with E-state index in [1.54, 1.807) is 0 Å². The Morgan fingerprint density at radius 1 is 0.417 bits per heavy atom. The van der Waals surface area contributed by atoms with Gasteiger partial charge in [0.25, 0.3) is 0 Å². The summed E-state index contributed by atoms with van der Waals surface area (Å²) in [6.07, 6.45) is -13.3. The molecule has 0 heterocycles. The Bertz CT molecular complexity index is 827. The topological polar surface area (TPSA) is 37.3 Å². The molecular formula is C12H5F21O2P+. The van der Waals surface area contributed by atoms with Gasteiger partial charge in [-0.2, -0.15) is 97.1 Å². The van der Waals surface area contributed by atoms with Crippen LogP contribution in [0.15, 0.2) is 0 Å². The predicted octanol–water partition coefficient (Wildman–Crippen LogP) is 7.39. The molecule has 2 nitrogen and oxygen atoms in total. The van der Waals surface area contributed by atoms with Gasteiger partial charge in [-0.3, -0.25) is 0 Å². The molecule has 0 aliphatic carbocycles. The van der Waals surface area contributed by atoms with Crippen molar-refractivity contribution in [1.82, 2.24) is 0 Å². The van der Waals surface area contributed by atoms with Crippen molar-refractivity contribution in [2.24, 2.45) is 0 Å². The molecule has 0 bridgehead atoms. The van der Waals surface area contributed by atoms with Crippen LogP contribution in [0.25, 0.3) is 0 Å². The second-order valence-corrected chi connectivity index (χ2v) is 7.77. The highest BCUT2D eigenvalue weighted by Gasteiger charge is 2.97. The molecule has 0 saturated carbocycles. The highest BCUT2D eigenvalue weighted by atomic mass is 31.1. The van der Waals surface area contributed by atoms with Crippen LogP contribution < -0.4 is 0 Å². The van der Waals surface area contributed by atoms with E-state index in [2.05, 4.69) is 0 Å². The number of hydrogen-bond donors (Lipinski definition) is 1. The highest BCUT2D eigenvalue weighted by molar-refractivity contribution is 7.37. The monoisotopic (exact) mass is 611 g/mol. The molecule has 0 radical (unpaired) electrons. The van der Waals surface area contributed by atoms with E-state index < -0.39 is 80.1 Å². The normalized spacial score (nSPS) is 16.9. The molecule has 1 unspecified atom stereocenters. The lowest BCUT2D eigenvalue weighted by Gasteiger charge is -2.44. The van der Waals surface area contributed by atoms with Crippen LogP contribution in [0.4, 0.5) is 92.2 Å². The molecule has 216 valence electrons. The van der Waals surface area contributed by atoms with E-state index in [0.717, 1.165) is 0 Å². The van der Waals surface area contributed by atoms with Gasteiger partial charge in [0.2, 0.25) is 0 Å². The summed E-state index contributed by atoms with van der Waals surface area (Å²) >= 11 is 0. The first-order valence-electron chi connectivity index (χ1n) is 7.77. The summed E-state index contributed by atoms with van der Waals surface area (Å²) in [6.45, 7) is 0. The van der Waals surface area contributed by atoms with Crippen LogP contribution in [0.1, 0.15) is 6.42 Å². The maximum atomic E-state index is 13.5. The van der Waals surface area contributed by atoms with Gasteiger partial charge in [0.15, 0.2) is 6.16 Å². The first-order chi connectivity index (χ1) is 15.2. The maximum absolute atomic E-state index is 13.5. The van der Waals surface area contributed by atoms with Gasteiger partial charge in [0.05, 0.1) is 6.42 Å². The summed E-state index contributed by atoms with van der Waals surface area (Å²) in [7, 11) is -3.98. The van der Waals surface area contributed by atoms with Crippen molar-refractivity contribution in [3.63, 3.8) is 0 Å². The van der Waals surface area contributed by atoms with E-state index in [1.807, 2.05) is 0 Å². The lowest BCUT2D eigenvalue weighted by atomic mass is 9.86. The van der Waals surface area contributed by atoms with Crippen LogP contribution in [-0.2, 0) is 4.57 Å². The van der Waals surface area contributed by atoms with Gasteiger partial charge in [0.1, 0.15) is 0 Å². The average Bonchev–Trinajstić information content (AvgIpc) is 2.64. The molecule has 0 saturated heterocycles. The minimum Gasteiger partial charge on any atom is -0.199 e. The molecule has 0 aromatic rings. The molecule has 1 N–H and O–H groups in total. The highest BCUT2D eigenvalue weighted by Crippen LogP contribution is 2.66. The van der Waals surface area contributed by atoms with Crippen LogP contribution in [0.3, 0.4) is 0 Å². The molecular weight excluding hydrogens is 606 g/mol. The molecule has 36 heavy (non-hydrogen) atoms. The standard InChI is InChI=1S/C12H4F21O2P/c13-3(14,1-2-36(34)35)4(15,16)5(17,18)6(19,20)7(21,22)8(23,24)9(25,26)10(27,28)11(29,30)12(31,32)33/h1-2H2/p+1. The lowest BCUT2D eigenvalue weighted by Crippen LogP contribution is -2.76. The van der Waals surface area contributed by atoms with E-state index >= 15 is 0 Å². The Kier molecular flexibility index (Phi) is 8.48. The van der Waals surface area contributed by atoms with E-state index in [9.17, 15) is 96.8 Å². The molecule has 0 spiro atoms. The minimum absolute atomic E-state index is 2.19. The molecule has 0 aromatic heterocycles. The first kappa shape index (κ1) is 34.6. The van der Waals surface area contributed by atoms with E-state index in [4.69, 9.17) is 4.89 Å². The fourth-order valence-corrected chi connectivity index (χ4v) is 2.46. The zero-order chi connectivity index (χ0) is 30.0. The molecule has 0 fully saturated rings. The Balaban J connectivity index is 6.97. The van der Waals surface area contributed by atoms with Crippen molar-refractivity contribution in [2.75, 3.05) is 6.16 Å². The Morgan fingerprint density at radius 2 is 0.639 bits per heavy atom. The second-order valence-electron chi connectivity index (χ2n) is 6.62. The van der Waals surface area contributed by atoms with Crippen molar-refractivity contribution >= 4 is 8.03 Å². The van der Waals surface area contributed by atoms with E-state index in [0.29, 0.717) is 0 Å². The molecule has 0 aliphatic rings. The van der Waals surface area contributed by atoms with Crippen LogP contribution in [0, 0.1) is 0 Å². The zero-order valence-electron chi connectivity index (χ0n) is 15.7. The summed E-state index contributed by atoms with van der Waals surface area (Å²) in [6, 6.07) is 0. The van der Waals surface area contributed by atoms with Crippen LogP contribution in [0.5, 0.6) is 0 Å². The minimum atomic E-state index is -9.22. The Hall–Kier alpha value is -1.41. The predicted molar refractivity (Wildman–Crippen MR) is 69.9 cm³/mol. The summed E-state index contributed by atoms with van der Waals surface area (Å²) in [5.74, 6) is -77.5. The second kappa shape index (κ2) is 8.82. The number of hydrogen-bond acceptors (Lipinski definition) is 1. The third-order valence-corrected chi connectivity index (χ3v) is 4.80. The van der Waals surface area contributed by atoms with Crippen molar-refractivity contribution in [3.8, 4) is 0 Å². The molecule has 0 amide bonds. The fourth-order valence-electron chi connectivity index (χ4n) is 1.98. The van der Waals surface area contributed by atoms with Crippen molar-refractivity contribution in [1.29, 1.82) is 0 Å². The average molecular weight is 611 g/mol. The molecule has 0 aliphatic heterocycles. The number of rotatable bonds is 11. The van der Waals surface area contributed by atoms with Crippen molar-refractivity contribution in [2.45, 2.75) is 65.9 Å². The summed E-state index contributed by atoms with van der Waals surface area (Å²) in [5, 5.41) is 0. The molecule has 0 rings (SSSR count). The Morgan fingerprint density at radius 3 is 0.861 bits per heavy atom. The van der Waals surface area contributed by atoms with Gasteiger partial charge in [-0.05, 0) is 4.57 Å². The smallest absolute Gasteiger partial charge is 0.199 e. The van der Waals surface area contributed by atoms with Gasteiger partial charge in [-0.1, -0.05) is 0 Å². The maximum Gasteiger partial charge on any atom is 0.505 e. The number of alkyl halides is 21. The first-order valence-corrected chi connectivity index (χ1v) is 9.17. The van der Waals surface area contributed by atoms with Crippen LogP contribution >= 0.6 is 8.03 Å². The summed E-state index contributed by atoms with van der Waals surface area (Å²) in [4.78, 5) is 8.15. The van der Waals surface area contributed by atoms with Crippen LogP contribution in [0.2, 0.25) is 0 Å². The van der Waals surface area contributed by atoms with E-state index in [-0.39, 0.29) is 0 Å².